The lowest BCUT2D eigenvalue weighted by Gasteiger charge is -2.21. The van der Waals surface area contributed by atoms with Crippen LogP contribution in [0.1, 0.15) is 29.7 Å². The fourth-order valence-electron chi connectivity index (χ4n) is 2.73. The summed E-state index contributed by atoms with van der Waals surface area (Å²) in [4.78, 5) is 15.8. The minimum Gasteiger partial charge on any atom is -0.496 e. The van der Waals surface area contributed by atoms with E-state index < -0.39 is 0 Å². The lowest BCUT2D eigenvalue weighted by Crippen LogP contribution is -2.29. The van der Waals surface area contributed by atoms with Crippen LogP contribution in [0.25, 0.3) is 0 Å². The molecule has 4 heteroatoms. The summed E-state index contributed by atoms with van der Waals surface area (Å²) in [5, 5.41) is 0. The Hall–Kier alpha value is -1.71. The van der Waals surface area contributed by atoms with Crippen LogP contribution < -0.4 is 4.74 Å². The van der Waals surface area contributed by atoms with Gasteiger partial charge in [-0.3, -0.25) is 0 Å². The van der Waals surface area contributed by atoms with E-state index in [-0.39, 0.29) is 12.1 Å². The maximum Gasteiger partial charge on any atom is 0.320 e. The van der Waals surface area contributed by atoms with Gasteiger partial charge < -0.3 is 14.5 Å². The molecule has 0 aromatic heterocycles. The topological polar surface area (TPSA) is 32.8 Å². The van der Waals surface area contributed by atoms with E-state index in [1.165, 1.54) is 11.1 Å². The molecule has 0 bridgehead atoms. The fourth-order valence-corrected chi connectivity index (χ4v) is 2.73. The Kier molecular flexibility index (Phi) is 3.69. The van der Waals surface area contributed by atoms with Crippen molar-refractivity contribution >= 4 is 6.03 Å². The average molecular weight is 262 g/mol. The number of likely N-dealkylation sites (N-methyl/N-ethyl adjacent to an activating group) is 2. The summed E-state index contributed by atoms with van der Waals surface area (Å²) in [6.45, 7) is 7.65. The first-order valence-corrected chi connectivity index (χ1v) is 6.66. The third-order valence-corrected chi connectivity index (χ3v) is 3.96. The smallest absolute Gasteiger partial charge is 0.320 e. The Morgan fingerprint density at radius 3 is 2.53 bits per heavy atom. The maximum atomic E-state index is 12.1. The van der Waals surface area contributed by atoms with Gasteiger partial charge in [0.05, 0.1) is 13.2 Å². The number of ether oxygens (including phenoxy) is 1. The first-order valence-electron chi connectivity index (χ1n) is 6.66. The zero-order valence-corrected chi connectivity index (χ0v) is 12.4. The predicted octanol–water partition coefficient (Wildman–Crippen LogP) is 2.74. The molecular formula is C15H22N2O2. The van der Waals surface area contributed by atoms with Crippen LogP contribution in [0, 0.1) is 13.8 Å². The minimum absolute atomic E-state index is 0.111. The number of hydrogen-bond donors (Lipinski definition) is 0. The second kappa shape index (κ2) is 5.11. The lowest BCUT2D eigenvalue weighted by molar-refractivity contribution is 0.197. The summed E-state index contributed by atoms with van der Waals surface area (Å²) in [7, 11) is 3.56. The third-order valence-electron chi connectivity index (χ3n) is 3.96. The van der Waals surface area contributed by atoms with Gasteiger partial charge in [0, 0.05) is 20.1 Å². The molecular weight excluding hydrogens is 240 g/mol. The van der Waals surface area contributed by atoms with Gasteiger partial charge in [-0.15, -0.1) is 0 Å². The Balaban J connectivity index is 2.38. The van der Waals surface area contributed by atoms with E-state index in [0.29, 0.717) is 0 Å². The van der Waals surface area contributed by atoms with E-state index in [4.69, 9.17) is 4.74 Å². The van der Waals surface area contributed by atoms with Crippen LogP contribution >= 0.6 is 0 Å². The minimum atomic E-state index is 0.111. The number of carbonyl (C=O) groups excluding carboxylic acids is 1. The second-order valence-corrected chi connectivity index (χ2v) is 5.13. The van der Waals surface area contributed by atoms with Crippen molar-refractivity contribution in [2.75, 3.05) is 27.2 Å². The molecule has 2 rings (SSSR count). The van der Waals surface area contributed by atoms with Gasteiger partial charge in [-0.2, -0.15) is 0 Å². The Labute approximate surface area is 115 Å². The highest BCUT2D eigenvalue weighted by Gasteiger charge is 2.35. The number of aryl methyl sites for hydroxylation is 2. The molecule has 0 saturated carbocycles. The number of amides is 2. The Morgan fingerprint density at radius 1 is 1.32 bits per heavy atom. The van der Waals surface area contributed by atoms with Crippen LogP contribution in [-0.4, -0.2) is 43.1 Å². The highest BCUT2D eigenvalue weighted by molar-refractivity contribution is 5.77. The van der Waals surface area contributed by atoms with Crippen LogP contribution in [-0.2, 0) is 0 Å². The lowest BCUT2D eigenvalue weighted by atomic mass is 9.98. The van der Waals surface area contributed by atoms with E-state index in [0.717, 1.165) is 24.4 Å². The highest BCUT2D eigenvalue weighted by atomic mass is 16.5. The van der Waals surface area contributed by atoms with Crippen molar-refractivity contribution in [3.63, 3.8) is 0 Å². The van der Waals surface area contributed by atoms with E-state index in [2.05, 4.69) is 19.1 Å². The number of benzene rings is 1. The van der Waals surface area contributed by atoms with Gasteiger partial charge in [-0.05, 0) is 49.6 Å². The summed E-state index contributed by atoms with van der Waals surface area (Å²) in [6, 6.07) is 4.44. The van der Waals surface area contributed by atoms with Crippen LogP contribution in [0.3, 0.4) is 0 Å². The molecule has 0 radical (unpaired) electrons. The van der Waals surface area contributed by atoms with Crippen LogP contribution in [0.5, 0.6) is 5.75 Å². The van der Waals surface area contributed by atoms with Crippen LogP contribution in [0.4, 0.5) is 4.79 Å². The maximum absolute atomic E-state index is 12.1. The average Bonchev–Trinajstić information content (AvgIpc) is 2.68. The van der Waals surface area contributed by atoms with Crippen molar-refractivity contribution in [2.24, 2.45) is 0 Å². The molecule has 0 N–H and O–H groups in total. The summed E-state index contributed by atoms with van der Waals surface area (Å²) in [5.74, 6) is 0.903. The van der Waals surface area contributed by atoms with E-state index >= 15 is 0 Å². The summed E-state index contributed by atoms with van der Waals surface area (Å²) >= 11 is 0. The molecule has 2 amide bonds. The van der Waals surface area contributed by atoms with Gasteiger partial charge in [0.2, 0.25) is 0 Å². The number of nitrogens with zero attached hydrogens (tertiary/aromatic N) is 2. The molecule has 19 heavy (non-hydrogen) atoms. The molecule has 104 valence electrons. The van der Waals surface area contributed by atoms with Crippen molar-refractivity contribution in [1.29, 1.82) is 0 Å². The number of rotatable bonds is 3. The predicted molar refractivity (Wildman–Crippen MR) is 75.6 cm³/mol. The molecule has 1 aliphatic rings. The molecule has 1 saturated heterocycles. The molecule has 1 unspecified atom stereocenters. The molecule has 1 atom stereocenters. The summed E-state index contributed by atoms with van der Waals surface area (Å²) < 4.78 is 5.34. The molecule has 1 heterocycles. The molecule has 0 spiro atoms. The number of hydrogen-bond acceptors (Lipinski definition) is 2. The number of methoxy groups -OCH3 is 1. The Bertz CT molecular complexity index is 499. The van der Waals surface area contributed by atoms with Gasteiger partial charge in [0.15, 0.2) is 0 Å². The SMILES string of the molecule is CCN1CC(c2cc(C)c(OC)cc2C)N(C)C1=O. The summed E-state index contributed by atoms with van der Waals surface area (Å²) in [6.07, 6.45) is 0. The largest absolute Gasteiger partial charge is 0.496 e. The monoisotopic (exact) mass is 262 g/mol. The van der Waals surface area contributed by atoms with Gasteiger partial charge >= 0.3 is 6.03 Å². The first kappa shape index (κ1) is 13.7. The van der Waals surface area contributed by atoms with Crippen molar-refractivity contribution in [2.45, 2.75) is 26.8 Å². The van der Waals surface area contributed by atoms with Gasteiger partial charge in [0.1, 0.15) is 5.75 Å². The first-order chi connectivity index (χ1) is 8.99. The number of urea groups is 1. The standard InChI is InChI=1S/C15H22N2O2/c1-6-17-9-13(16(4)15(17)18)12-7-11(3)14(19-5)8-10(12)2/h7-8,13H,6,9H2,1-5H3. The van der Waals surface area contributed by atoms with Crippen molar-refractivity contribution in [3.05, 3.63) is 28.8 Å². The van der Waals surface area contributed by atoms with Crippen LogP contribution in [0.2, 0.25) is 0 Å². The van der Waals surface area contributed by atoms with Crippen LogP contribution in [0.15, 0.2) is 12.1 Å². The number of carbonyl (C=O) groups is 1. The molecule has 0 aliphatic carbocycles. The van der Waals surface area contributed by atoms with E-state index in [9.17, 15) is 4.79 Å². The molecule has 4 nitrogen and oxygen atoms in total. The van der Waals surface area contributed by atoms with Gasteiger partial charge in [-0.1, -0.05) is 0 Å². The van der Waals surface area contributed by atoms with Crippen molar-refractivity contribution < 1.29 is 9.53 Å². The highest BCUT2D eigenvalue weighted by Crippen LogP contribution is 2.33. The molecule has 1 fully saturated rings. The fraction of sp³-hybridized carbons (Fsp3) is 0.533. The normalized spacial score (nSPS) is 19.2. The zero-order valence-electron chi connectivity index (χ0n) is 12.4. The van der Waals surface area contributed by atoms with Gasteiger partial charge in [-0.25, -0.2) is 4.79 Å². The quantitative estimate of drug-likeness (QED) is 0.839. The van der Waals surface area contributed by atoms with Gasteiger partial charge in [0.25, 0.3) is 0 Å². The molecule has 1 aromatic rings. The van der Waals surface area contributed by atoms with Crippen molar-refractivity contribution in [1.82, 2.24) is 9.80 Å². The molecule has 1 aromatic carbocycles. The van der Waals surface area contributed by atoms with Crippen molar-refractivity contribution in [3.8, 4) is 5.75 Å². The summed E-state index contributed by atoms with van der Waals surface area (Å²) in [5.41, 5.74) is 3.49. The molecule has 1 aliphatic heterocycles. The van der Waals surface area contributed by atoms with E-state index in [1.807, 2.05) is 30.7 Å². The third kappa shape index (κ3) is 2.27. The Morgan fingerprint density at radius 2 is 2.00 bits per heavy atom. The zero-order chi connectivity index (χ0) is 14.2. The second-order valence-electron chi connectivity index (χ2n) is 5.13. The van der Waals surface area contributed by atoms with E-state index in [1.54, 1.807) is 7.11 Å².